The number of nitrogens with one attached hydrogen (secondary N) is 4. The molecule has 0 aliphatic heterocycles. The van der Waals surface area contributed by atoms with Gasteiger partial charge in [-0.05, 0) is 157 Å². The molecule has 6 N–H and O–H groups in total. The fraction of sp³-hybridized carbons (Fsp3) is 0.0625. The zero-order chi connectivity index (χ0) is 62.9. The van der Waals surface area contributed by atoms with Crippen molar-refractivity contribution in [2.24, 2.45) is 20.5 Å². The van der Waals surface area contributed by atoms with E-state index in [2.05, 4.69) is 41.7 Å². The van der Waals surface area contributed by atoms with Gasteiger partial charge in [0, 0.05) is 44.6 Å². The first-order valence-electron chi connectivity index (χ1n) is 26.3. The summed E-state index contributed by atoms with van der Waals surface area (Å²) in [5, 5.41) is 52.6. The Morgan fingerprint density at radius 3 is 1.13 bits per heavy atom. The van der Waals surface area contributed by atoms with Crippen molar-refractivity contribution in [2.75, 3.05) is 35.5 Å². The Hall–Kier alpha value is -9.92. The summed E-state index contributed by atoms with van der Waals surface area (Å²) in [6.45, 7) is 3.52. The van der Waals surface area contributed by atoms with Gasteiger partial charge in [-0.1, -0.05) is 72.8 Å². The Morgan fingerprint density at radius 1 is 0.416 bits per heavy atom. The van der Waals surface area contributed by atoms with Gasteiger partial charge in [-0.2, -0.15) is 10.2 Å². The van der Waals surface area contributed by atoms with Crippen LogP contribution in [0, 0.1) is 13.8 Å². The quantitative estimate of drug-likeness (QED) is 0.0298. The molecule has 0 saturated heterocycles. The van der Waals surface area contributed by atoms with Gasteiger partial charge < -0.3 is 50.1 Å². The average molecular weight is 1260 g/mol. The fourth-order valence-corrected chi connectivity index (χ4v) is 9.75. The van der Waals surface area contributed by atoms with E-state index >= 15 is 0 Å². The Balaban J connectivity index is 0.000000228. The Kier molecular flexibility index (Phi) is 20.7. The number of nitrogens with zero attached hydrogens (tertiary/aromatic N) is 4. The Morgan fingerprint density at radius 2 is 0.775 bits per heavy atom. The summed E-state index contributed by atoms with van der Waals surface area (Å²) in [7, 11) is -6.32. The predicted molar refractivity (Wildman–Crippen MR) is 334 cm³/mol. The maximum atomic E-state index is 13.2. The summed E-state index contributed by atoms with van der Waals surface area (Å²) in [5.41, 5.74) is 3.66. The van der Waals surface area contributed by atoms with Gasteiger partial charge in [-0.3, -0.25) is 19.2 Å². The second-order valence-electron chi connectivity index (χ2n) is 19.3. The minimum absolute atomic E-state index is 0. The monoisotopic (exact) mass is 1260 g/mol. The molecular weight excluding hydrogens is 1210 g/mol. The number of rotatable bonds is 16. The van der Waals surface area contributed by atoms with Gasteiger partial charge in [0.25, 0.3) is 23.6 Å². The number of azo groups is 2. The number of carbonyl (C=O) groups is 4. The molecule has 0 unspecified atom stereocenters. The van der Waals surface area contributed by atoms with Crippen molar-refractivity contribution in [3.63, 3.8) is 0 Å². The number of hydrogen-bond donors (Lipinski definition) is 6. The van der Waals surface area contributed by atoms with Crippen LogP contribution in [0.15, 0.2) is 224 Å². The molecule has 0 heterocycles. The van der Waals surface area contributed by atoms with E-state index in [9.17, 15) is 55.3 Å². The average Bonchev–Trinajstić information content (AvgIpc) is 1.85. The van der Waals surface area contributed by atoms with Crippen LogP contribution in [0.3, 0.4) is 0 Å². The number of aryl methyl sites for hydroxylation is 2. The van der Waals surface area contributed by atoms with Crippen LogP contribution in [0.4, 0.5) is 45.5 Å². The van der Waals surface area contributed by atoms with Crippen molar-refractivity contribution in [3.05, 3.63) is 228 Å². The van der Waals surface area contributed by atoms with E-state index in [-0.39, 0.29) is 94.2 Å². The molecule has 444 valence electrons. The van der Waals surface area contributed by atoms with E-state index < -0.39 is 53.7 Å². The maximum absolute atomic E-state index is 13.2. The number of hydrogen-bond acceptors (Lipinski definition) is 18. The normalized spacial score (nSPS) is 11.3. The molecule has 89 heavy (non-hydrogen) atoms. The topological polar surface area (TPSA) is 339 Å². The molecule has 10 aromatic rings. The van der Waals surface area contributed by atoms with Gasteiger partial charge in [0.05, 0.1) is 46.5 Å². The summed E-state index contributed by atoms with van der Waals surface area (Å²) in [4.78, 5) is 51.3. The summed E-state index contributed by atoms with van der Waals surface area (Å²) < 4.78 is 78.4. The third-order valence-electron chi connectivity index (χ3n) is 13.4. The molecule has 25 heteroatoms. The van der Waals surface area contributed by atoms with E-state index in [0.29, 0.717) is 66.9 Å². The number of carbonyl (C=O) groups excluding carboxylic acids is 4. The van der Waals surface area contributed by atoms with Gasteiger partial charge in [0.1, 0.15) is 43.1 Å². The van der Waals surface area contributed by atoms with Crippen LogP contribution in [0.5, 0.6) is 23.0 Å². The molecule has 0 fully saturated rings. The van der Waals surface area contributed by atoms with Gasteiger partial charge in [-0.15, -0.1) is 10.2 Å². The molecule has 10 rings (SSSR count). The molecule has 0 bridgehead atoms. The number of benzene rings is 10. The molecule has 4 amide bonds. The number of fused-ring (bicyclic) bond motifs is 2. The second kappa shape index (κ2) is 28.3. The Bertz CT molecular complexity index is 4390. The first-order valence-corrected chi connectivity index (χ1v) is 29.1. The standard InChI is InChI=1S/2C32H26N4O7S.Ca/c2*1-19-10-11-21(31(38)34-23-7-5-8-25(18-23)44(40,41)42)17-28(19)35-36-29-26-9-4-3-6-20(26)16-27(30(29)37)32(39)33-22-12-14-24(43-2)15-13-22;/h2*3-18,37H,1-2H3,(H,33,39)(H,34,38)(H,40,41,42);/q;;+2/p-2. The van der Waals surface area contributed by atoms with Crippen molar-refractivity contribution in [3.8, 4) is 23.0 Å². The van der Waals surface area contributed by atoms with Crippen molar-refractivity contribution in [2.45, 2.75) is 23.6 Å². The minimum Gasteiger partial charge on any atom is -0.744 e. The zero-order valence-corrected chi connectivity index (χ0v) is 51.4. The van der Waals surface area contributed by atoms with E-state index in [4.69, 9.17) is 9.47 Å². The van der Waals surface area contributed by atoms with Crippen molar-refractivity contribution in [1.82, 2.24) is 0 Å². The summed E-state index contributed by atoms with van der Waals surface area (Å²) in [5.74, 6) is -1.77. The number of amides is 4. The van der Waals surface area contributed by atoms with E-state index in [1.807, 2.05) is 0 Å². The molecule has 10 aromatic carbocycles. The number of anilines is 4. The molecular formula is C64H50CaN8O14S2. The maximum Gasteiger partial charge on any atom is 2.00 e. The van der Waals surface area contributed by atoms with Gasteiger partial charge in [0.15, 0.2) is 11.5 Å². The smallest absolute Gasteiger partial charge is 0.744 e. The van der Waals surface area contributed by atoms with Crippen molar-refractivity contribution >= 4 is 149 Å². The van der Waals surface area contributed by atoms with E-state index in [1.165, 1.54) is 50.6 Å². The molecule has 0 aliphatic carbocycles. The molecule has 0 aromatic heterocycles. The minimum atomic E-state index is -4.70. The van der Waals surface area contributed by atoms with Crippen molar-refractivity contribution in [1.29, 1.82) is 0 Å². The van der Waals surface area contributed by atoms with Gasteiger partial charge in [0.2, 0.25) is 0 Å². The van der Waals surface area contributed by atoms with Crippen LogP contribution in [-0.2, 0) is 20.2 Å². The summed E-state index contributed by atoms with van der Waals surface area (Å²) >= 11 is 0. The molecule has 0 aliphatic rings. The zero-order valence-electron chi connectivity index (χ0n) is 47.6. The van der Waals surface area contributed by atoms with Crippen LogP contribution < -0.4 is 30.7 Å². The predicted octanol–water partition coefficient (Wildman–Crippen LogP) is 13.0. The number of ether oxygens (including phenoxy) is 2. The van der Waals surface area contributed by atoms with Crippen LogP contribution in [0.2, 0.25) is 0 Å². The third-order valence-corrected chi connectivity index (χ3v) is 15.1. The number of phenolic OH excluding ortho intramolecular Hbond substituents is 2. The van der Waals surface area contributed by atoms with Crippen LogP contribution in [0.25, 0.3) is 21.5 Å². The van der Waals surface area contributed by atoms with Crippen LogP contribution in [-0.4, -0.2) is 112 Å². The first-order chi connectivity index (χ1) is 42.1. The largest absolute Gasteiger partial charge is 2.00 e. The van der Waals surface area contributed by atoms with Gasteiger partial charge in [-0.25, -0.2) is 16.8 Å². The molecule has 0 saturated carbocycles. The first kappa shape index (κ1) is 65.1. The van der Waals surface area contributed by atoms with Crippen molar-refractivity contribution < 1.29 is 64.8 Å². The van der Waals surface area contributed by atoms with E-state index in [0.717, 1.165) is 24.3 Å². The SMILES string of the molecule is COc1ccc(NC(=O)c2cc3ccccc3c(N=Nc3cc(C(=O)Nc4cccc(S(=O)(=O)[O-])c4)ccc3C)c2O)cc1.COc1ccc(NC(=O)c2cc3ccccc3c(N=Nc3cc(C(=O)Nc4cccc(S(=O)(=O)[O-])c4)ccc3C)c2O)cc1.[Ca+2]. The molecule has 0 atom stereocenters. The van der Waals surface area contributed by atoms with Crippen LogP contribution in [0.1, 0.15) is 52.6 Å². The fourth-order valence-electron chi connectivity index (χ4n) is 8.72. The third kappa shape index (κ3) is 16.0. The number of methoxy groups -OCH3 is 2. The van der Waals surface area contributed by atoms with Crippen LogP contribution >= 0.6 is 0 Å². The number of aromatic hydroxyl groups is 2. The summed E-state index contributed by atoms with van der Waals surface area (Å²) in [6, 6.07) is 50.1. The Labute approximate surface area is 539 Å². The second-order valence-corrected chi connectivity index (χ2v) is 22.1. The molecule has 22 nitrogen and oxygen atoms in total. The molecule has 0 spiro atoms. The number of phenols is 2. The van der Waals surface area contributed by atoms with Gasteiger partial charge >= 0.3 is 37.7 Å². The molecule has 0 radical (unpaired) electrons. The summed E-state index contributed by atoms with van der Waals surface area (Å²) in [6.07, 6.45) is 0. The van der Waals surface area contributed by atoms with E-state index in [1.54, 1.807) is 147 Å².